The Morgan fingerprint density at radius 3 is 2.54 bits per heavy atom. The van der Waals surface area contributed by atoms with Crippen molar-refractivity contribution < 1.29 is 9.92 Å². The van der Waals surface area contributed by atoms with E-state index < -0.39 is 5.09 Å². The highest BCUT2D eigenvalue weighted by molar-refractivity contribution is 5.21. The lowest BCUT2D eigenvalue weighted by molar-refractivity contribution is -0.757. The monoisotopic (exact) mass is 181 g/mol. The second kappa shape index (κ2) is 4.45. The van der Waals surface area contributed by atoms with E-state index in [0.29, 0.717) is 6.42 Å². The van der Waals surface area contributed by atoms with Crippen LogP contribution in [-0.2, 0) is 11.3 Å². The Bertz CT molecular complexity index is 281. The molecular formula is C9H11NO3. The summed E-state index contributed by atoms with van der Waals surface area (Å²) in [4.78, 5) is 14.0. The van der Waals surface area contributed by atoms with Crippen LogP contribution in [0.5, 0.6) is 0 Å². The molecular weight excluding hydrogens is 170 g/mol. The van der Waals surface area contributed by atoms with Crippen molar-refractivity contribution >= 4 is 0 Å². The van der Waals surface area contributed by atoms with Gasteiger partial charge in [0.05, 0.1) is 0 Å². The molecule has 0 N–H and O–H groups in total. The van der Waals surface area contributed by atoms with Crippen LogP contribution < -0.4 is 0 Å². The zero-order valence-corrected chi connectivity index (χ0v) is 7.40. The summed E-state index contributed by atoms with van der Waals surface area (Å²) in [6.07, 6.45) is 0.571. The maximum Gasteiger partial charge on any atom is 0.294 e. The summed E-state index contributed by atoms with van der Waals surface area (Å²) in [6, 6.07) is 7.83. The second-order valence-corrected chi connectivity index (χ2v) is 2.79. The third kappa shape index (κ3) is 3.55. The molecule has 0 bridgehead atoms. The Balaban J connectivity index is 2.37. The van der Waals surface area contributed by atoms with Crippen molar-refractivity contribution in [2.24, 2.45) is 0 Å². The molecule has 4 nitrogen and oxygen atoms in total. The molecule has 1 aromatic carbocycles. The van der Waals surface area contributed by atoms with Gasteiger partial charge >= 0.3 is 0 Å². The van der Waals surface area contributed by atoms with Gasteiger partial charge in [-0.15, -0.1) is 10.1 Å². The molecule has 1 aromatic rings. The third-order valence-corrected chi connectivity index (χ3v) is 1.71. The molecule has 0 unspecified atom stereocenters. The van der Waals surface area contributed by atoms with Gasteiger partial charge in [0.25, 0.3) is 5.09 Å². The molecule has 0 aromatic heterocycles. The summed E-state index contributed by atoms with van der Waals surface area (Å²) in [6.45, 7) is 2.12. The van der Waals surface area contributed by atoms with E-state index in [-0.39, 0.29) is 6.61 Å². The van der Waals surface area contributed by atoms with Crippen molar-refractivity contribution in [2.45, 2.75) is 13.3 Å². The van der Waals surface area contributed by atoms with Gasteiger partial charge in [-0.25, -0.2) is 0 Å². The lowest BCUT2D eigenvalue weighted by Crippen LogP contribution is -2.04. The number of aryl methyl sites for hydroxylation is 1. The number of hydrogen-bond donors (Lipinski definition) is 0. The number of hydrogen-bond acceptors (Lipinski definition) is 3. The van der Waals surface area contributed by atoms with Crippen molar-refractivity contribution in [3.8, 4) is 0 Å². The van der Waals surface area contributed by atoms with Crippen molar-refractivity contribution in [3.05, 3.63) is 45.5 Å². The predicted molar refractivity (Wildman–Crippen MR) is 47.8 cm³/mol. The third-order valence-electron chi connectivity index (χ3n) is 1.71. The van der Waals surface area contributed by atoms with E-state index in [1.165, 1.54) is 5.56 Å². The average Bonchev–Trinajstić information content (AvgIpc) is 2.08. The minimum absolute atomic E-state index is 0.121. The fourth-order valence-corrected chi connectivity index (χ4v) is 0.993. The van der Waals surface area contributed by atoms with E-state index in [9.17, 15) is 10.1 Å². The summed E-state index contributed by atoms with van der Waals surface area (Å²) in [5.74, 6) is 0. The maximum atomic E-state index is 9.83. The SMILES string of the molecule is Cc1ccc(CCO[N+](=O)[O-])cc1. The summed E-state index contributed by atoms with van der Waals surface area (Å²) < 4.78 is 0. The molecule has 0 aliphatic heterocycles. The van der Waals surface area contributed by atoms with Crippen LogP contribution >= 0.6 is 0 Å². The molecule has 0 radical (unpaired) electrons. The standard InChI is InChI=1S/C9H11NO3/c1-8-2-4-9(5-3-8)6-7-13-10(11)12/h2-5H,6-7H2,1H3. The van der Waals surface area contributed by atoms with Gasteiger partial charge in [0.2, 0.25) is 0 Å². The highest BCUT2D eigenvalue weighted by atomic mass is 16.9. The topological polar surface area (TPSA) is 52.4 Å². The highest BCUT2D eigenvalue weighted by Crippen LogP contribution is 2.03. The van der Waals surface area contributed by atoms with E-state index in [4.69, 9.17) is 0 Å². The smallest absolute Gasteiger partial charge is 0.294 e. The van der Waals surface area contributed by atoms with Crippen LogP contribution in [0.4, 0.5) is 0 Å². The summed E-state index contributed by atoms with van der Waals surface area (Å²) >= 11 is 0. The van der Waals surface area contributed by atoms with Crippen LogP contribution in [0.3, 0.4) is 0 Å². The summed E-state index contributed by atoms with van der Waals surface area (Å²) in [5, 5.41) is 9.06. The molecule has 4 heteroatoms. The number of nitrogens with zero attached hydrogens (tertiary/aromatic N) is 1. The first kappa shape index (κ1) is 9.51. The Morgan fingerprint density at radius 2 is 2.00 bits per heavy atom. The van der Waals surface area contributed by atoms with Gasteiger partial charge in [0.1, 0.15) is 6.61 Å². The van der Waals surface area contributed by atoms with Crippen molar-refractivity contribution in [1.29, 1.82) is 0 Å². The van der Waals surface area contributed by atoms with Gasteiger partial charge in [-0.1, -0.05) is 29.8 Å². The molecule has 70 valence electrons. The lowest BCUT2D eigenvalue weighted by atomic mass is 10.1. The molecule has 0 heterocycles. The Kier molecular flexibility index (Phi) is 3.25. The average molecular weight is 181 g/mol. The van der Waals surface area contributed by atoms with E-state index in [0.717, 1.165) is 5.56 Å². The van der Waals surface area contributed by atoms with Crippen LogP contribution in [0.25, 0.3) is 0 Å². The summed E-state index contributed by atoms with van der Waals surface area (Å²) in [5.41, 5.74) is 2.23. The van der Waals surface area contributed by atoms with Gasteiger partial charge in [-0.2, -0.15) is 0 Å². The van der Waals surface area contributed by atoms with Crippen LogP contribution in [0.15, 0.2) is 24.3 Å². The Labute approximate surface area is 76.2 Å². The van der Waals surface area contributed by atoms with Crippen molar-refractivity contribution in [2.75, 3.05) is 6.61 Å². The lowest BCUT2D eigenvalue weighted by Gasteiger charge is -2.00. The molecule has 0 aliphatic rings. The zero-order chi connectivity index (χ0) is 9.68. The largest absolute Gasteiger partial charge is 0.314 e. The minimum atomic E-state index is -0.770. The quantitative estimate of drug-likeness (QED) is 0.525. The maximum absolute atomic E-state index is 9.83. The molecule has 0 amide bonds. The van der Waals surface area contributed by atoms with Gasteiger partial charge in [-0.3, -0.25) is 0 Å². The fraction of sp³-hybridized carbons (Fsp3) is 0.333. The van der Waals surface area contributed by atoms with E-state index in [2.05, 4.69) is 4.84 Å². The normalized spacial score (nSPS) is 9.62. The molecule has 1 rings (SSSR count). The molecule has 0 spiro atoms. The van der Waals surface area contributed by atoms with Gasteiger partial charge in [0.15, 0.2) is 0 Å². The van der Waals surface area contributed by atoms with Gasteiger partial charge < -0.3 is 4.84 Å². The molecule has 0 atom stereocenters. The first-order valence-corrected chi connectivity index (χ1v) is 4.01. The molecule has 0 fully saturated rings. The van der Waals surface area contributed by atoms with E-state index >= 15 is 0 Å². The van der Waals surface area contributed by atoms with Crippen LogP contribution in [0.2, 0.25) is 0 Å². The Hall–Kier alpha value is -1.58. The Morgan fingerprint density at radius 1 is 1.38 bits per heavy atom. The van der Waals surface area contributed by atoms with Gasteiger partial charge in [0, 0.05) is 0 Å². The van der Waals surface area contributed by atoms with Crippen molar-refractivity contribution in [3.63, 3.8) is 0 Å². The van der Waals surface area contributed by atoms with Crippen LogP contribution in [0.1, 0.15) is 11.1 Å². The van der Waals surface area contributed by atoms with E-state index in [1.54, 1.807) is 0 Å². The second-order valence-electron chi connectivity index (χ2n) is 2.79. The van der Waals surface area contributed by atoms with Crippen molar-refractivity contribution in [1.82, 2.24) is 0 Å². The molecule has 0 aliphatic carbocycles. The zero-order valence-electron chi connectivity index (χ0n) is 7.40. The first-order chi connectivity index (χ1) is 6.18. The minimum Gasteiger partial charge on any atom is -0.314 e. The predicted octanol–water partition coefficient (Wildman–Crippen LogP) is 1.75. The van der Waals surface area contributed by atoms with E-state index in [1.807, 2.05) is 31.2 Å². The molecule has 0 saturated carbocycles. The number of benzene rings is 1. The van der Waals surface area contributed by atoms with Gasteiger partial charge in [-0.05, 0) is 18.9 Å². The van der Waals surface area contributed by atoms with Crippen LogP contribution in [0, 0.1) is 17.0 Å². The number of rotatable bonds is 4. The highest BCUT2D eigenvalue weighted by Gasteiger charge is 1.96. The first-order valence-electron chi connectivity index (χ1n) is 4.01. The van der Waals surface area contributed by atoms with Crippen LogP contribution in [-0.4, -0.2) is 11.7 Å². The molecule has 13 heavy (non-hydrogen) atoms. The molecule has 0 saturated heterocycles. The summed E-state index contributed by atoms with van der Waals surface area (Å²) in [7, 11) is 0. The fourth-order valence-electron chi connectivity index (χ4n) is 0.993.